The van der Waals surface area contributed by atoms with Gasteiger partial charge >= 0.3 is 5.97 Å². The van der Waals surface area contributed by atoms with E-state index in [2.05, 4.69) is 5.32 Å². The van der Waals surface area contributed by atoms with Crippen LogP contribution in [0.1, 0.15) is 44.8 Å². The highest BCUT2D eigenvalue weighted by atomic mass is 35.5. The van der Waals surface area contributed by atoms with Crippen LogP contribution in [0.4, 0.5) is 4.39 Å². The second-order valence-corrected chi connectivity index (χ2v) is 7.10. The van der Waals surface area contributed by atoms with Crippen molar-refractivity contribution in [3.8, 4) is 5.75 Å². The molecule has 0 aromatic heterocycles. The summed E-state index contributed by atoms with van der Waals surface area (Å²) in [4.78, 5) is 23.8. The number of aromatic carboxylic acids is 1. The molecule has 1 atom stereocenters. The first-order chi connectivity index (χ1) is 14.3. The topological polar surface area (TPSA) is 75.6 Å². The molecule has 0 aliphatic carbocycles. The number of hydrogen-bond acceptors (Lipinski definition) is 3. The molecule has 0 unspecified atom stereocenters. The maximum absolute atomic E-state index is 13.0. The highest BCUT2D eigenvalue weighted by Gasteiger charge is 2.16. The van der Waals surface area contributed by atoms with Crippen molar-refractivity contribution in [2.45, 2.75) is 19.6 Å². The van der Waals surface area contributed by atoms with Gasteiger partial charge in [0, 0.05) is 16.1 Å². The van der Waals surface area contributed by atoms with Crippen LogP contribution < -0.4 is 10.1 Å². The molecule has 0 saturated carbocycles. The van der Waals surface area contributed by atoms with Crippen LogP contribution in [0.3, 0.4) is 0 Å². The van der Waals surface area contributed by atoms with E-state index in [9.17, 15) is 14.0 Å². The molecule has 0 heterocycles. The van der Waals surface area contributed by atoms with Gasteiger partial charge in [0.1, 0.15) is 18.2 Å². The van der Waals surface area contributed by atoms with Crippen molar-refractivity contribution in [2.75, 3.05) is 0 Å². The molecule has 3 rings (SSSR count). The third kappa shape index (κ3) is 5.36. The van der Waals surface area contributed by atoms with Gasteiger partial charge in [-0.15, -0.1) is 0 Å². The van der Waals surface area contributed by atoms with Crippen molar-refractivity contribution in [1.29, 1.82) is 0 Å². The average Bonchev–Trinajstić information content (AvgIpc) is 2.74. The lowest BCUT2D eigenvalue weighted by molar-refractivity contribution is 0.0696. The second kappa shape index (κ2) is 9.41. The fraction of sp³-hybridized carbons (Fsp3) is 0.130. The molecule has 30 heavy (non-hydrogen) atoms. The standard InChI is InChI=1S/C23H19ClFNO4/c1-14(15-2-4-16(5-3-15)23(28)29)26-22(27)21-12-18(24)7-6-17(21)13-30-20-10-8-19(25)9-11-20/h2-12,14H,13H2,1H3,(H,26,27)(H,28,29)/t14-/m0/s1. The van der Waals surface area contributed by atoms with Crippen LogP contribution in [-0.2, 0) is 6.61 Å². The van der Waals surface area contributed by atoms with Gasteiger partial charge in [0.15, 0.2) is 0 Å². The van der Waals surface area contributed by atoms with E-state index in [-0.39, 0.29) is 29.9 Å². The van der Waals surface area contributed by atoms with E-state index in [1.807, 2.05) is 0 Å². The van der Waals surface area contributed by atoms with Crippen LogP contribution in [0, 0.1) is 5.82 Å². The van der Waals surface area contributed by atoms with Gasteiger partial charge in [0.2, 0.25) is 0 Å². The van der Waals surface area contributed by atoms with Crippen molar-refractivity contribution in [3.63, 3.8) is 0 Å². The molecule has 3 aromatic carbocycles. The molecule has 0 aliphatic rings. The summed E-state index contributed by atoms with van der Waals surface area (Å²) in [6.45, 7) is 1.90. The zero-order chi connectivity index (χ0) is 21.7. The second-order valence-electron chi connectivity index (χ2n) is 6.67. The van der Waals surface area contributed by atoms with E-state index in [1.165, 1.54) is 36.4 Å². The normalized spacial score (nSPS) is 11.6. The molecule has 0 spiro atoms. The smallest absolute Gasteiger partial charge is 0.335 e. The van der Waals surface area contributed by atoms with Crippen LogP contribution in [0.5, 0.6) is 5.75 Å². The fourth-order valence-corrected chi connectivity index (χ4v) is 3.02. The van der Waals surface area contributed by atoms with E-state index in [0.717, 1.165) is 5.56 Å². The molecule has 1 amide bonds. The van der Waals surface area contributed by atoms with Gasteiger partial charge in [-0.1, -0.05) is 29.8 Å². The molecular formula is C23H19ClFNO4. The molecule has 0 aliphatic heterocycles. The SMILES string of the molecule is C[C@H](NC(=O)c1cc(Cl)ccc1COc1ccc(F)cc1)c1ccc(C(=O)O)cc1. The number of carboxylic acids is 1. The number of carbonyl (C=O) groups is 2. The minimum atomic E-state index is -1.01. The zero-order valence-electron chi connectivity index (χ0n) is 16.1. The Morgan fingerprint density at radius 2 is 1.73 bits per heavy atom. The lowest BCUT2D eigenvalue weighted by atomic mass is 10.0. The summed E-state index contributed by atoms with van der Waals surface area (Å²) in [5.74, 6) is -1.24. The number of amides is 1. The third-order valence-corrected chi connectivity index (χ3v) is 4.76. The molecule has 3 aromatic rings. The lowest BCUT2D eigenvalue weighted by Crippen LogP contribution is -2.27. The Balaban J connectivity index is 1.73. The predicted molar refractivity (Wildman–Crippen MR) is 111 cm³/mol. The Morgan fingerprint density at radius 3 is 2.37 bits per heavy atom. The van der Waals surface area contributed by atoms with E-state index < -0.39 is 5.97 Å². The quantitative estimate of drug-likeness (QED) is 0.540. The molecule has 0 saturated heterocycles. The van der Waals surface area contributed by atoms with Gasteiger partial charge in [-0.2, -0.15) is 0 Å². The van der Waals surface area contributed by atoms with Gasteiger partial charge in [0.25, 0.3) is 5.91 Å². The summed E-state index contributed by atoms with van der Waals surface area (Å²) in [5, 5.41) is 12.3. The average molecular weight is 428 g/mol. The van der Waals surface area contributed by atoms with Crippen molar-refractivity contribution in [2.24, 2.45) is 0 Å². The molecule has 7 heteroatoms. The van der Waals surface area contributed by atoms with Crippen LogP contribution in [0.2, 0.25) is 5.02 Å². The first-order valence-electron chi connectivity index (χ1n) is 9.14. The van der Waals surface area contributed by atoms with Gasteiger partial charge in [-0.05, 0) is 61.0 Å². The summed E-state index contributed by atoms with van der Waals surface area (Å²) < 4.78 is 18.7. The van der Waals surface area contributed by atoms with E-state index >= 15 is 0 Å². The Morgan fingerprint density at radius 1 is 1.07 bits per heavy atom. The first-order valence-corrected chi connectivity index (χ1v) is 9.52. The molecule has 5 nitrogen and oxygen atoms in total. The number of halogens is 2. The number of rotatable bonds is 7. The van der Waals surface area contributed by atoms with Crippen LogP contribution >= 0.6 is 11.6 Å². The van der Waals surface area contributed by atoms with Crippen molar-refractivity contribution in [1.82, 2.24) is 5.32 Å². The fourth-order valence-electron chi connectivity index (χ4n) is 2.85. The summed E-state index contributed by atoms with van der Waals surface area (Å²) in [5.41, 5.74) is 1.92. The van der Waals surface area contributed by atoms with Crippen LogP contribution in [0.25, 0.3) is 0 Å². The van der Waals surface area contributed by atoms with E-state index in [4.69, 9.17) is 21.4 Å². The minimum absolute atomic E-state index is 0.104. The molecule has 154 valence electrons. The van der Waals surface area contributed by atoms with Crippen LogP contribution in [0.15, 0.2) is 66.7 Å². The Hall–Kier alpha value is -3.38. The molecular weight excluding hydrogens is 409 g/mol. The minimum Gasteiger partial charge on any atom is -0.489 e. The van der Waals surface area contributed by atoms with Crippen molar-refractivity contribution < 1.29 is 23.8 Å². The van der Waals surface area contributed by atoms with Gasteiger partial charge in [-0.3, -0.25) is 4.79 Å². The van der Waals surface area contributed by atoms with Gasteiger partial charge < -0.3 is 15.2 Å². The Labute approximate surface area is 178 Å². The maximum Gasteiger partial charge on any atom is 0.335 e. The number of benzene rings is 3. The summed E-state index contributed by atoms with van der Waals surface area (Å²) in [6, 6.07) is 16.5. The zero-order valence-corrected chi connectivity index (χ0v) is 16.8. The number of nitrogens with one attached hydrogen (secondary N) is 1. The van der Waals surface area contributed by atoms with Crippen LogP contribution in [-0.4, -0.2) is 17.0 Å². The van der Waals surface area contributed by atoms with Gasteiger partial charge in [-0.25, -0.2) is 9.18 Å². The van der Waals surface area contributed by atoms with E-state index in [1.54, 1.807) is 37.3 Å². The number of ether oxygens (including phenoxy) is 1. The third-order valence-electron chi connectivity index (χ3n) is 4.53. The summed E-state index contributed by atoms with van der Waals surface area (Å²) in [7, 11) is 0. The number of hydrogen-bond donors (Lipinski definition) is 2. The number of carboxylic acid groups (broad SMARTS) is 1. The molecule has 0 fully saturated rings. The van der Waals surface area contributed by atoms with Crippen molar-refractivity contribution >= 4 is 23.5 Å². The van der Waals surface area contributed by atoms with Gasteiger partial charge in [0.05, 0.1) is 11.6 Å². The lowest BCUT2D eigenvalue weighted by Gasteiger charge is -2.17. The molecule has 2 N–H and O–H groups in total. The predicted octanol–water partition coefficient (Wildman–Crippen LogP) is 5.25. The summed E-state index contributed by atoms with van der Waals surface area (Å²) >= 11 is 6.08. The highest BCUT2D eigenvalue weighted by Crippen LogP contribution is 2.21. The summed E-state index contributed by atoms with van der Waals surface area (Å²) in [6.07, 6.45) is 0. The Kier molecular flexibility index (Phi) is 6.69. The largest absolute Gasteiger partial charge is 0.489 e. The van der Waals surface area contributed by atoms with Crippen molar-refractivity contribution in [3.05, 3.63) is 99.8 Å². The molecule has 0 radical (unpaired) electrons. The first kappa shape index (κ1) is 21.3. The molecule has 0 bridgehead atoms. The maximum atomic E-state index is 13.0. The van der Waals surface area contributed by atoms with E-state index in [0.29, 0.717) is 21.9 Å². The monoisotopic (exact) mass is 427 g/mol. The highest BCUT2D eigenvalue weighted by molar-refractivity contribution is 6.31. The Bertz CT molecular complexity index is 1050. The number of carbonyl (C=O) groups excluding carboxylic acids is 1.